The van der Waals surface area contributed by atoms with Gasteiger partial charge in [-0.1, -0.05) is 79.4 Å². The van der Waals surface area contributed by atoms with E-state index in [-0.39, 0.29) is 23.1 Å². The summed E-state index contributed by atoms with van der Waals surface area (Å²) >= 11 is 0. The third kappa shape index (κ3) is 14.3. The average Bonchev–Trinajstić information content (AvgIpc) is 3.03. The summed E-state index contributed by atoms with van der Waals surface area (Å²) in [5, 5.41) is 0. The zero-order chi connectivity index (χ0) is 33.9. The number of carbonyl (C=O) groups excluding carboxylic acids is 4. The Hall–Kier alpha value is -3.54. The second kappa shape index (κ2) is 21.3. The number of aliphatic imine (C=N–C) groups is 2. The molecule has 0 atom stereocenters. The minimum absolute atomic E-state index is 0.150. The molecule has 0 bridgehead atoms. The van der Waals surface area contributed by atoms with Gasteiger partial charge in [0, 0.05) is 51.4 Å². The van der Waals surface area contributed by atoms with Gasteiger partial charge in [0.25, 0.3) is 0 Å². The lowest BCUT2D eigenvalue weighted by atomic mass is 9.98. The zero-order valence-corrected chi connectivity index (χ0v) is 29.3. The number of ketones is 4. The van der Waals surface area contributed by atoms with Crippen LogP contribution in [0.25, 0.3) is 0 Å². The van der Waals surface area contributed by atoms with E-state index in [1.54, 1.807) is 0 Å². The first-order chi connectivity index (χ1) is 22.1. The zero-order valence-electron chi connectivity index (χ0n) is 29.3. The molecule has 0 radical (unpaired) electrons. The Balaban J connectivity index is 2.74. The molecular weight excluding hydrogens is 572 g/mol. The molecule has 0 N–H and O–H groups in total. The number of nitrogens with zero attached hydrogens (tertiary/aromatic N) is 2. The molecule has 0 saturated heterocycles. The summed E-state index contributed by atoms with van der Waals surface area (Å²) in [7, 11) is 0. The van der Waals surface area contributed by atoms with Crippen molar-refractivity contribution in [1.82, 2.24) is 0 Å². The maximum absolute atomic E-state index is 12.4. The standard InChI is InChI=1S/C40H56N2O4/c1-7-13-15-16-18-40(42-34-23-31(27-37(45)11-5)20-32(24-34)28-38(46)12-6)39(17-14-8-2)41-33-21-29(25-35(43)9-3)19-30(22-33)26-36(44)10-4/h19-24H,7-18,25-28H2,1-6H3. The van der Waals surface area contributed by atoms with Gasteiger partial charge in [-0.2, -0.15) is 0 Å². The summed E-state index contributed by atoms with van der Waals surface area (Å²) in [5.74, 6) is 0.601. The van der Waals surface area contributed by atoms with Gasteiger partial charge >= 0.3 is 0 Å². The van der Waals surface area contributed by atoms with E-state index in [0.717, 1.165) is 96.4 Å². The van der Waals surface area contributed by atoms with E-state index in [2.05, 4.69) is 13.8 Å². The molecule has 6 nitrogen and oxygen atoms in total. The number of Topliss-reactive ketones (excluding diaryl/α,β-unsaturated/α-hetero) is 4. The number of carbonyl (C=O) groups is 4. The summed E-state index contributed by atoms with van der Waals surface area (Å²) in [6, 6.07) is 11.8. The Morgan fingerprint density at radius 1 is 0.435 bits per heavy atom. The Labute approximate surface area is 277 Å². The van der Waals surface area contributed by atoms with Crippen LogP contribution in [0.4, 0.5) is 11.4 Å². The van der Waals surface area contributed by atoms with Crippen molar-refractivity contribution in [3.8, 4) is 0 Å². The second-order valence-electron chi connectivity index (χ2n) is 12.3. The van der Waals surface area contributed by atoms with Crippen molar-refractivity contribution in [3.63, 3.8) is 0 Å². The van der Waals surface area contributed by atoms with E-state index in [0.29, 0.717) is 51.4 Å². The maximum atomic E-state index is 12.4. The summed E-state index contributed by atoms with van der Waals surface area (Å²) in [6.45, 7) is 11.8. The molecule has 46 heavy (non-hydrogen) atoms. The van der Waals surface area contributed by atoms with Gasteiger partial charge in [0.1, 0.15) is 23.1 Å². The number of hydrogen-bond acceptors (Lipinski definition) is 6. The smallest absolute Gasteiger partial charge is 0.136 e. The summed E-state index contributed by atoms with van der Waals surface area (Å²) < 4.78 is 0. The van der Waals surface area contributed by atoms with Crippen LogP contribution >= 0.6 is 0 Å². The molecule has 0 aliphatic rings. The number of hydrogen-bond donors (Lipinski definition) is 0. The highest BCUT2D eigenvalue weighted by atomic mass is 16.1. The van der Waals surface area contributed by atoms with Gasteiger partial charge in [0.15, 0.2) is 0 Å². The predicted octanol–water partition coefficient (Wildman–Crippen LogP) is 9.78. The molecule has 0 saturated carbocycles. The van der Waals surface area contributed by atoms with Crippen molar-refractivity contribution in [3.05, 3.63) is 58.7 Å². The summed E-state index contributed by atoms with van der Waals surface area (Å²) in [5.41, 5.74) is 6.81. The minimum Gasteiger partial charge on any atom is -0.299 e. The van der Waals surface area contributed by atoms with Gasteiger partial charge in [-0.15, -0.1) is 0 Å². The van der Waals surface area contributed by atoms with Crippen LogP contribution in [0.15, 0.2) is 46.4 Å². The molecule has 250 valence electrons. The molecular formula is C40H56N2O4. The topological polar surface area (TPSA) is 93.0 Å². The van der Waals surface area contributed by atoms with Gasteiger partial charge < -0.3 is 0 Å². The molecule has 2 aromatic rings. The van der Waals surface area contributed by atoms with E-state index in [9.17, 15) is 19.2 Å². The molecule has 0 aliphatic heterocycles. The quantitative estimate of drug-likeness (QED) is 0.0904. The van der Waals surface area contributed by atoms with Crippen LogP contribution < -0.4 is 0 Å². The Bertz CT molecular complexity index is 1310. The van der Waals surface area contributed by atoms with Gasteiger partial charge in [0.05, 0.1) is 22.8 Å². The van der Waals surface area contributed by atoms with Crippen molar-refractivity contribution in [2.24, 2.45) is 9.98 Å². The molecule has 0 amide bonds. The van der Waals surface area contributed by atoms with Crippen molar-refractivity contribution in [2.75, 3.05) is 0 Å². The monoisotopic (exact) mass is 628 g/mol. The Morgan fingerprint density at radius 3 is 1.07 bits per heavy atom. The van der Waals surface area contributed by atoms with Crippen molar-refractivity contribution in [1.29, 1.82) is 0 Å². The number of benzene rings is 2. The molecule has 2 aromatic carbocycles. The third-order valence-electron chi connectivity index (χ3n) is 8.15. The molecule has 0 heterocycles. The minimum atomic E-state index is 0.150. The van der Waals surface area contributed by atoms with Crippen LogP contribution in [0.5, 0.6) is 0 Å². The van der Waals surface area contributed by atoms with Crippen molar-refractivity contribution < 1.29 is 19.2 Å². The number of rotatable bonds is 23. The molecule has 0 fully saturated rings. The Kier molecular flexibility index (Phi) is 17.9. The second-order valence-corrected chi connectivity index (χ2v) is 12.3. The van der Waals surface area contributed by atoms with Crippen LogP contribution in [0.2, 0.25) is 0 Å². The largest absolute Gasteiger partial charge is 0.299 e. The van der Waals surface area contributed by atoms with Crippen LogP contribution in [0, 0.1) is 0 Å². The summed E-state index contributed by atoms with van der Waals surface area (Å²) in [4.78, 5) is 60.0. The first-order valence-corrected chi connectivity index (χ1v) is 17.6. The average molecular weight is 629 g/mol. The van der Waals surface area contributed by atoms with E-state index in [4.69, 9.17) is 9.98 Å². The van der Waals surface area contributed by atoms with Crippen LogP contribution in [-0.2, 0) is 44.9 Å². The highest BCUT2D eigenvalue weighted by molar-refractivity contribution is 6.43. The molecule has 6 heteroatoms. The van der Waals surface area contributed by atoms with Gasteiger partial charge in [-0.25, -0.2) is 0 Å². The maximum Gasteiger partial charge on any atom is 0.136 e. The first-order valence-electron chi connectivity index (χ1n) is 17.6. The van der Waals surface area contributed by atoms with Crippen LogP contribution in [0.3, 0.4) is 0 Å². The third-order valence-corrected chi connectivity index (χ3v) is 8.15. The molecule has 0 spiro atoms. The lowest BCUT2D eigenvalue weighted by Crippen LogP contribution is -2.15. The fourth-order valence-electron chi connectivity index (χ4n) is 5.34. The van der Waals surface area contributed by atoms with E-state index in [1.165, 1.54) is 0 Å². The van der Waals surface area contributed by atoms with E-state index < -0.39 is 0 Å². The van der Waals surface area contributed by atoms with E-state index >= 15 is 0 Å². The molecule has 0 aromatic heterocycles. The first kappa shape index (κ1) is 38.6. The summed E-state index contributed by atoms with van der Waals surface area (Å²) in [6.07, 6.45) is 10.9. The highest BCUT2D eigenvalue weighted by Gasteiger charge is 2.15. The normalized spacial score (nSPS) is 12.0. The van der Waals surface area contributed by atoms with Crippen LogP contribution in [0.1, 0.15) is 141 Å². The fourth-order valence-corrected chi connectivity index (χ4v) is 5.34. The lowest BCUT2D eigenvalue weighted by Gasteiger charge is -2.14. The lowest BCUT2D eigenvalue weighted by molar-refractivity contribution is -0.119. The van der Waals surface area contributed by atoms with Gasteiger partial charge in [-0.3, -0.25) is 29.2 Å². The SMILES string of the molecule is CCCCCCC(=Nc1cc(CC(=O)CC)cc(CC(=O)CC)c1)C(CCCC)=Nc1cc(CC(=O)CC)cc(CC(=O)CC)c1. The molecule has 0 aliphatic carbocycles. The molecule has 0 unspecified atom stereocenters. The van der Waals surface area contributed by atoms with Crippen LogP contribution in [-0.4, -0.2) is 34.6 Å². The van der Waals surface area contributed by atoms with Crippen molar-refractivity contribution >= 4 is 45.9 Å². The fraction of sp³-hybridized carbons (Fsp3) is 0.550. The van der Waals surface area contributed by atoms with Gasteiger partial charge in [0.2, 0.25) is 0 Å². The number of unbranched alkanes of at least 4 members (excludes halogenated alkanes) is 4. The highest BCUT2D eigenvalue weighted by Crippen LogP contribution is 2.25. The van der Waals surface area contributed by atoms with Gasteiger partial charge in [-0.05, 0) is 72.2 Å². The van der Waals surface area contributed by atoms with E-state index in [1.807, 2.05) is 64.1 Å². The Morgan fingerprint density at radius 2 is 0.761 bits per heavy atom. The molecule has 2 rings (SSSR count). The predicted molar refractivity (Wildman–Crippen MR) is 191 cm³/mol. The van der Waals surface area contributed by atoms with Crippen molar-refractivity contribution in [2.45, 2.75) is 144 Å².